The summed E-state index contributed by atoms with van der Waals surface area (Å²) in [5.74, 6) is -0.276. The van der Waals surface area contributed by atoms with Gasteiger partial charge in [0.25, 0.3) is 0 Å². The number of nitrogens with zero attached hydrogens (tertiary/aromatic N) is 1. The van der Waals surface area contributed by atoms with Gasteiger partial charge in [0.05, 0.1) is 12.1 Å². The van der Waals surface area contributed by atoms with Crippen LogP contribution in [0.3, 0.4) is 0 Å². The summed E-state index contributed by atoms with van der Waals surface area (Å²) in [6.07, 6.45) is 0.243. The van der Waals surface area contributed by atoms with Crippen LogP contribution >= 0.6 is 0 Å². The molecule has 0 fully saturated rings. The quantitative estimate of drug-likeness (QED) is 0.622. The highest BCUT2D eigenvalue weighted by molar-refractivity contribution is 6.18. The van der Waals surface area contributed by atoms with Crippen molar-refractivity contribution in [3.05, 3.63) is 29.8 Å². The molecule has 1 aliphatic heterocycles. The van der Waals surface area contributed by atoms with Gasteiger partial charge in [-0.05, 0) is 17.7 Å². The zero-order chi connectivity index (χ0) is 9.42. The molecule has 65 valence electrons. The fourth-order valence-corrected chi connectivity index (χ4v) is 1.43. The first kappa shape index (κ1) is 7.79. The van der Waals surface area contributed by atoms with E-state index in [1.807, 2.05) is 0 Å². The third-order valence-electron chi connectivity index (χ3n) is 1.98. The molecule has 0 saturated heterocycles. The van der Waals surface area contributed by atoms with Crippen LogP contribution in [0.15, 0.2) is 18.2 Å². The number of carbonyl (C=O) groups is 2. The molecule has 1 aliphatic rings. The van der Waals surface area contributed by atoms with Crippen molar-refractivity contribution in [3.63, 3.8) is 0 Å². The summed E-state index contributed by atoms with van der Waals surface area (Å²) in [7, 11) is 0. The zero-order valence-electron chi connectivity index (χ0n) is 6.78. The van der Waals surface area contributed by atoms with E-state index in [9.17, 15) is 9.59 Å². The number of rotatable bonds is 0. The number of amides is 3. The van der Waals surface area contributed by atoms with E-state index in [1.54, 1.807) is 18.2 Å². The van der Waals surface area contributed by atoms with Crippen molar-refractivity contribution < 1.29 is 9.59 Å². The van der Waals surface area contributed by atoms with Crippen molar-refractivity contribution in [1.29, 1.82) is 0 Å². The minimum atomic E-state index is -0.733. The lowest BCUT2D eigenvalue weighted by atomic mass is 10.2. The Labute approximate surface area is 74.9 Å². The van der Waals surface area contributed by atoms with E-state index in [0.29, 0.717) is 5.69 Å². The van der Waals surface area contributed by atoms with Gasteiger partial charge in [-0.2, -0.15) is 0 Å². The number of hydrogen-bond donors (Lipinski definition) is 1. The standard InChI is InChI=1S/C9H7N2O2/c10-9(13)11-7-4-2-1-3-6(7)5-8(11)12/h1,3-4H,5H2,(H2,10,13). The molecule has 1 radical (unpaired) electrons. The summed E-state index contributed by atoms with van der Waals surface area (Å²) in [4.78, 5) is 23.2. The first-order chi connectivity index (χ1) is 6.20. The van der Waals surface area contributed by atoms with Crippen LogP contribution < -0.4 is 10.6 Å². The molecular weight excluding hydrogens is 168 g/mol. The molecule has 1 aromatic rings. The predicted molar refractivity (Wildman–Crippen MR) is 46.1 cm³/mol. The molecular formula is C9H7N2O2. The van der Waals surface area contributed by atoms with Gasteiger partial charge in [-0.15, -0.1) is 0 Å². The maximum Gasteiger partial charge on any atom is 0.326 e. The second kappa shape index (κ2) is 2.58. The first-order valence-electron chi connectivity index (χ1n) is 3.81. The number of hydrogen-bond acceptors (Lipinski definition) is 2. The maximum atomic E-state index is 11.3. The van der Waals surface area contributed by atoms with Gasteiger partial charge in [-0.25, -0.2) is 9.69 Å². The second-order valence-corrected chi connectivity index (χ2v) is 2.80. The van der Waals surface area contributed by atoms with Gasteiger partial charge >= 0.3 is 6.03 Å². The summed E-state index contributed by atoms with van der Waals surface area (Å²) in [6.45, 7) is 0. The molecule has 0 aromatic heterocycles. The summed E-state index contributed by atoms with van der Waals surface area (Å²) in [5, 5.41) is 0. The number of carbonyl (C=O) groups excluding carboxylic acids is 2. The first-order valence-corrected chi connectivity index (χ1v) is 3.81. The van der Waals surface area contributed by atoms with Gasteiger partial charge in [0, 0.05) is 0 Å². The third kappa shape index (κ3) is 1.07. The molecule has 0 atom stereocenters. The molecule has 1 aromatic carbocycles. The third-order valence-corrected chi connectivity index (χ3v) is 1.98. The Kier molecular flexibility index (Phi) is 1.55. The van der Waals surface area contributed by atoms with Gasteiger partial charge in [0.2, 0.25) is 5.91 Å². The average molecular weight is 175 g/mol. The maximum absolute atomic E-state index is 11.3. The highest BCUT2D eigenvalue weighted by Crippen LogP contribution is 2.27. The molecule has 13 heavy (non-hydrogen) atoms. The van der Waals surface area contributed by atoms with Crippen LogP contribution in [0.5, 0.6) is 0 Å². The lowest BCUT2D eigenvalue weighted by molar-refractivity contribution is -0.116. The fraction of sp³-hybridized carbons (Fsp3) is 0.111. The van der Waals surface area contributed by atoms with Crippen LogP contribution in [0.4, 0.5) is 10.5 Å². The minimum Gasteiger partial charge on any atom is -0.351 e. The number of primary amides is 1. The van der Waals surface area contributed by atoms with Crippen LogP contribution in [0.2, 0.25) is 0 Å². The Bertz CT molecular complexity index is 387. The molecule has 2 N–H and O–H groups in total. The Morgan fingerprint density at radius 2 is 2.38 bits per heavy atom. The zero-order valence-corrected chi connectivity index (χ0v) is 6.78. The lowest BCUT2D eigenvalue weighted by Gasteiger charge is -2.10. The fourth-order valence-electron chi connectivity index (χ4n) is 1.43. The van der Waals surface area contributed by atoms with Crippen molar-refractivity contribution in [2.24, 2.45) is 5.73 Å². The van der Waals surface area contributed by atoms with Gasteiger partial charge < -0.3 is 5.73 Å². The highest BCUT2D eigenvalue weighted by Gasteiger charge is 2.30. The van der Waals surface area contributed by atoms with Gasteiger partial charge in [-0.1, -0.05) is 12.1 Å². The number of benzene rings is 1. The van der Waals surface area contributed by atoms with Crippen LogP contribution in [-0.4, -0.2) is 11.9 Å². The van der Waals surface area contributed by atoms with Crippen molar-refractivity contribution in [3.8, 4) is 0 Å². The number of imide groups is 1. The van der Waals surface area contributed by atoms with Crippen LogP contribution in [0, 0.1) is 6.07 Å². The van der Waals surface area contributed by atoms with Crippen molar-refractivity contribution in [2.75, 3.05) is 4.90 Å². The number of nitrogens with two attached hydrogens (primary N) is 1. The molecule has 4 nitrogen and oxygen atoms in total. The molecule has 0 unspecified atom stereocenters. The van der Waals surface area contributed by atoms with E-state index in [-0.39, 0.29) is 12.3 Å². The second-order valence-electron chi connectivity index (χ2n) is 2.80. The van der Waals surface area contributed by atoms with Gasteiger partial charge in [-0.3, -0.25) is 4.79 Å². The Hall–Kier alpha value is -1.84. The van der Waals surface area contributed by atoms with E-state index >= 15 is 0 Å². The average Bonchev–Trinajstić information content (AvgIpc) is 2.39. The largest absolute Gasteiger partial charge is 0.351 e. The molecule has 1 heterocycles. The summed E-state index contributed by atoms with van der Waals surface area (Å²) in [5.41, 5.74) is 6.43. The molecule has 0 spiro atoms. The molecule has 0 bridgehead atoms. The Morgan fingerprint density at radius 1 is 1.62 bits per heavy atom. The summed E-state index contributed by atoms with van der Waals surface area (Å²) < 4.78 is 0. The van der Waals surface area contributed by atoms with E-state index in [2.05, 4.69) is 6.07 Å². The highest BCUT2D eigenvalue weighted by atomic mass is 16.2. The van der Waals surface area contributed by atoms with Crippen LogP contribution in [-0.2, 0) is 11.2 Å². The predicted octanol–water partition coefficient (Wildman–Crippen LogP) is 0.455. The van der Waals surface area contributed by atoms with E-state index in [0.717, 1.165) is 10.5 Å². The van der Waals surface area contributed by atoms with E-state index in [1.165, 1.54) is 0 Å². The molecule has 2 rings (SSSR count). The Morgan fingerprint density at radius 3 is 3.08 bits per heavy atom. The minimum absolute atomic E-state index is 0.243. The summed E-state index contributed by atoms with van der Waals surface area (Å²) in [6, 6.07) is 7.12. The molecule has 0 saturated carbocycles. The SMILES string of the molecule is NC(=O)N1C(=O)Cc2cc[c]cc21. The van der Waals surface area contributed by atoms with Crippen LogP contribution in [0.1, 0.15) is 5.56 Å². The van der Waals surface area contributed by atoms with Crippen molar-refractivity contribution in [1.82, 2.24) is 0 Å². The van der Waals surface area contributed by atoms with Gasteiger partial charge in [0.1, 0.15) is 0 Å². The smallest absolute Gasteiger partial charge is 0.326 e. The topological polar surface area (TPSA) is 63.4 Å². The number of fused-ring (bicyclic) bond motifs is 1. The van der Waals surface area contributed by atoms with Gasteiger partial charge in [0.15, 0.2) is 0 Å². The van der Waals surface area contributed by atoms with E-state index < -0.39 is 6.03 Å². The molecule has 0 aliphatic carbocycles. The molecule has 3 amide bonds. The normalized spacial score (nSPS) is 14.5. The van der Waals surface area contributed by atoms with Crippen LogP contribution in [0.25, 0.3) is 0 Å². The van der Waals surface area contributed by atoms with Crippen molar-refractivity contribution in [2.45, 2.75) is 6.42 Å². The molecule has 4 heteroatoms. The number of urea groups is 1. The van der Waals surface area contributed by atoms with Crippen molar-refractivity contribution >= 4 is 17.6 Å². The monoisotopic (exact) mass is 175 g/mol. The van der Waals surface area contributed by atoms with E-state index in [4.69, 9.17) is 5.73 Å². The number of anilines is 1. The Balaban J connectivity index is 2.52. The lowest BCUT2D eigenvalue weighted by Crippen LogP contribution is -2.38. The summed E-state index contributed by atoms with van der Waals surface area (Å²) >= 11 is 0.